The summed E-state index contributed by atoms with van der Waals surface area (Å²) in [7, 11) is 0. The summed E-state index contributed by atoms with van der Waals surface area (Å²) in [5, 5.41) is 10.7. The number of aromatic amines is 1. The van der Waals surface area contributed by atoms with E-state index in [4.69, 9.17) is 16.7 Å². The van der Waals surface area contributed by atoms with Gasteiger partial charge in [-0.1, -0.05) is 11.6 Å². The molecule has 1 aromatic carbocycles. The van der Waals surface area contributed by atoms with Gasteiger partial charge >= 0.3 is 5.97 Å². The third-order valence-electron chi connectivity index (χ3n) is 2.88. The summed E-state index contributed by atoms with van der Waals surface area (Å²) in [5.41, 5.74) is -0.749. The first-order valence-corrected chi connectivity index (χ1v) is 6.23. The van der Waals surface area contributed by atoms with Gasteiger partial charge in [-0.05, 0) is 19.1 Å². The molecule has 6 nitrogen and oxygen atoms in total. The molecule has 1 atom stereocenters. The van der Waals surface area contributed by atoms with Crippen molar-refractivity contribution in [3.8, 4) is 0 Å². The lowest BCUT2D eigenvalue weighted by atomic mass is 10.1. The highest BCUT2D eigenvalue weighted by Crippen LogP contribution is 2.19. The van der Waals surface area contributed by atoms with Gasteiger partial charge in [0.15, 0.2) is 0 Å². The molecule has 0 aliphatic carbocycles. The maximum atomic E-state index is 13.4. The first kappa shape index (κ1) is 15.0. The van der Waals surface area contributed by atoms with Crippen LogP contribution < -0.4 is 10.7 Å². The van der Waals surface area contributed by atoms with Gasteiger partial charge in [-0.2, -0.15) is 0 Å². The van der Waals surface area contributed by atoms with Crippen LogP contribution in [0.1, 0.15) is 17.3 Å². The number of pyridine rings is 1. The first-order chi connectivity index (χ1) is 9.81. The predicted octanol–water partition coefficient (Wildman–Crippen LogP) is 1.52. The number of hydrogen-bond acceptors (Lipinski definition) is 3. The third kappa shape index (κ3) is 2.87. The molecule has 0 spiro atoms. The normalized spacial score (nSPS) is 12.1. The highest BCUT2D eigenvalue weighted by Gasteiger charge is 2.19. The van der Waals surface area contributed by atoms with Crippen LogP contribution in [0.3, 0.4) is 0 Å². The number of nitrogens with one attached hydrogen (secondary N) is 2. The molecule has 1 heterocycles. The van der Waals surface area contributed by atoms with Gasteiger partial charge in [0, 0.05) is 11.6 Å². The van der Waals surface area contributed by atoms with Crippen LogP contribution in [0, 0.1) is 5.82 Å². The molecule has 0 unspecified atom stereocenters. The molecular weight excluding hydrogens is 303 g/mol. The zero-order valence-corrected chi connectivity index (χ0v) is 11.5. The zero-order chi connectivity index (χ0) is 15.7. The number of H-pyrrole nitrogens is 1. The van der Waals surface area contributed by atoms with Crippen LogP contribution in [0.15, 0.2) is 23.1 Å². The summed E-state index contributed by atoms with van der Waals surface area (Å²) in [6.45, 7) is 1.26. The Bertz CT molecular complexity index is 803. The molecule has 0 saturated heterocycles. The van der Waals surface area contributed by atoms with E-state index < -0.39 is 29.2 Å². The molecule has 2 rings (SSSR count). The van der Waals surface area contributed by atoms with Crippen LogP contribution in [-0.4, -0.2) is 28.0 Å². The third-order valence-corrected chi connectivity index (χ3v) is 3.17. The Morgan fingerprint density at radius 1 is 1.43 bits per heavy atom. The Morgan fingerprint density at radius 3 is 2.71 bits per heavy atom. The molecule has 2 aromatic rings. The molecule has 0 fully saturated rings. The van der Waals surface area contributed by atoms with Gasteiger partial charge < -0.3 is 15.4 Å². The van der Waals surface area contributed by atoms with Crippen LogP contribution in [0.4, 0.5) is 4.39 Å². The van der Waals surface area contributed by atoms with Gasteiger partial charge in [0.1, 0.15) is 17.4 Å². The number of benzene rings is 1. The maximum Gasteiger partial charge on any atom is 0.325 e. The van der Waals surface area contributed by atoms with E-state index in [0.717, 1.165) is 12.3 Å². The molecule has 3 N–H and O–H groups in total. The van der Waals surface area contributed by atoms with Crippen molar-refractivity contribution in [1.82, 2.24) is 10.3 Å². The molecule has 21 heavy (non-hydrogen) atoms. The summed E-state index contributed by atoms with van der Waals surface area (Å²) >= 11 is 5.60. The summed E-state index contributed by atoms with van der Waals surface area (Å²) in [6.07, 6.45) is 1.13. The zero-order valence-electron chi connectivity index (χ0n) is 10.7. The number of carboxylic acids is 1. The Kier molecular flexibility index (Phi) is 3.95. The number of carbonyl (C=O) groups is 2. The molecule has 8 heteroatoms. The minimum Gasteiger partial charge on any atom is -0.480 e. The van der Waals surface area contributed by atoms with Gasteiger partial charge in [0.05, 0.1) is 10.5 Å². The molecule has 0 saturated carbocycles. The van der Waals surface area contributed by atoms with Crippen molar-refractivity contribution in [3.05, 3.63) is 45.0 Å². The van der Waals surface area contributed by atoms with Crippen molar-refractivity contribution in [2.24, 2.45) is 0 Å². The van der Waals surface area contributed by atoms with Crippen molar-refractivity contribution < 1.29 is 19.1 Å². The quantitative estimate of drug-likeness (QED) is 0.800. The molecular formula is C13H10ClFN2O4. The fourth-order valence-corrected chi connectivity index (χ4v) is 1.88. The topological polar surface area (TPSA) is 99.3 Å². The summed E-state index contributed by atoms with van der Waals surface area (Å²) in [6, 6.07) is 0.998. The van der Waals surface area contributed by atoms with E-state index in [1.165, 1.54) is 13.0 Å². The SMILES string of the molecule is C[C@H](NC(=O)c1c[nH]c2cc(Cl)c(F)cc2c1=O)C(=O)O. The van der Waals surface area contributed by atoms with E-state index in [9.17, 15) is 18.8 Å². The van der Waals surface area contributed by atoms with Crippen molar-refractivity contribution in [2.75, 3.05) is 0 Å². The number of halogens is 2. The van der Waals surface area contributed by atoms with Gasteiger partial charge in [0.25, 0.3) is 5.91 Å². The van der Waals surface area contributed by atoms with E-state index >= 15 is 0 Å². The summed E-state index contributed by atoms with van der Waals surface area (Å²) in [5.74, 6) is -2.88. The Balaban J connectivity index is 2.49. The van der Waals surface area contributed by atoms with Crippen LogP contribution in [0.25, 0.3) is 10.9 Å². The fraction of sp³-hybridized carbons (Fsp3) is 0.154. The van der Waals surface area contributed by atoms with Crippen LogP contribution in [-0.2, 0) is 4.79 Å². The van der Waals surface area contributed by atoms with Crippen LogP contribution in [0.5, 0.6) is 0 Å². The molecule has 0 radical (unpaired) electrons. The lowest BCUT2D eigenvalue weighted by Crippen LogP contribution is -2.40. The highest BCUT2D eigenvalue weighted by molar-refractivity contribution is 6.31. The van der Waals surface area contributed by atoms with E-state index in [0.29, 0.717) is 0 Å². The fourth-order valence-electron chi connectivity index (χ4n) is 1.72. The number of rotatable bonds is 3. The molecule has 110 valence electrons. The predicted molar refractivity (Wildman–Crippen MR) is 74.1 cm³/mol. The minimum atomic E-state index is -1.24. The van der Waals surface area contributed by atoms with Gasteiger partial charge in [-0.15, -0.1) is 0 Å². The Hall–Kier alpha value is -2.41. The monoisotopic (exact) mass is 312 g/mol. The number of aromatic nitrogens is 1. The van der Waals surface area contributed by atoms with E-state index in [1.807, 2.05) is 0 Å². The minimum absolute atomic E-state index is 0.0486. The number of carboxylic acid groups (broad SMARTS) is 1. The number of amides is 1. The molecule has 0 aliphatic rings. The highest BCUT2D eigenvalue weighted by atomic mass is 35.5. The largest absolute Gasteiger partial charge is 0.480 e. The van der Waals surface area contributed by atoms with E-state index in [2.05, 4.69) is 10.3 Å². The molecule has 0 bridgehead atoms. The van der Waals surface area contributed by atoms with E-state index in [-0.39, 0.29) is 21.5 Å². The lowest BCUT2D eigenvalue weighted by molar-refractivity contribution is -0.138. The van der Waals surface area contributed by atoms with Crippen molar-refractivity contribution in [2.45, 2.75) is 13.0 Å². The van der Waals surface area contributed by atoms with Gasteiger partial charge in [-0.25, -0.2) is 4.39 Å². The number of hydrogen-bond donors (Lipinski definition) is 3. The van der Waals surface area contributed by atoms with Crippen molar-refractivity contribution in [1.29, 1.82) is 0 Å². The Labute approximate surface area is 122 Å². The molecule has 1 amide bonds. The molecule has 1 aromatic heterocycles. The lowest BCUT2D eigenvalue weighted by Gasteiger charge is -2.09. The molecule has 0 aliphatic heterocycles. The van der Waals surface area contributed by atoms with E-state index in [1.54, 1.807) is 0 Å². The number of carbonyl (C=O) groups excluding carboxylic acids is 1. The standard InChI is InChI=1S/C13H10ClFN2O4/c1-5(13(20)21)17-12(19)7-4-16-10-3-8(14)9(15)2-6(10)11(7)18/h2-5H,1H3,(H,16,18)(H,17,19)(H,20,21)/t5-/m0/s1. The van der Waals surface area contributed by atoms with Crippen molar-refractivity contribution in [3.63, 3.8) is 0 Å². The Morgan fingerprint density at radius 2 is 2.10 bits per heavy atom. The number of aliphatic carboxylic acids is 1. The second-order valence-electron chi connectivity index (χ2n) is 4.38. The summed E-state index contributed by atoms with van der Waals surface area (Å²) in [4.78, 5) is 37.3. The van der Waals surface area contributed by atoms with Crippen LogP contribution >= 0.6 is 11.6 Å². The van der Waals surface area contributed by atoms with Crippen LogP contribution in [0.2, 0.25) is 5.02 Å². The number of fused-ring (bicyclic) bond motifs is 1. The van der Waals surface area contributed by atoms with Crippen molar-refractivity contribution >= 4 is 34.4 Å². The smallest absolute Gasteiger partial charge is 0.325 e. The second-order valence-corrected chi connectivity index (χ2v) is 4.78. The maximum absolute atomic E-state index is 13.4. The average Bonchev–Trinajstić information content (AvgIpc) is 2.41. The average molecular weight is 313 g/mol. The van der Waals surface area contributed by atoms with Gasteiger partial charge in [0.2, 0.25) is 5.43 Å². The first-order valence-electron chi connectivity index (χ1n) is 5.85. The van der Waals surface area contributed by atoms with Gasteiger partial charge in [-0.3, -0.25) is 14.4 Å². The summed E-state index contributed by atoms with van der Waals surface area (Å²) < 4.78 is 13.4. The second kappa shape index (κ2) is 5.53.